The molecule has 1 heterocycles. The molecule has 1 aliphatic heterocycles. The maximum absolute atomic E-state index is 12.8. The zero-order valence-corrected chi connectivity index (χ0v) is 16.7. The van der Waals surface area contributed by atoms with Gasteiger partial charge in [-0.25, -0.2) is 0 Å². The first-order valence-electron chi connectivity index (χ1n) is 10.1. The Morgan fingerprint density at radius 3 is 2.59 bits per heavy atom. The van der Waals surface area contributed by atoms with Gasteiger partial charge in [0.25, 0.3) is 5.69 Å². The number of rotatable bonds is 8. The lowest BCUT2D eigenvalue weighted by atomic mass is 9.95. The number of unbranched alkanes of at least 4 members (excludes halogenated alkanes) is 1. The maximum Gasteiger partial charge on any atom is 0.292 e. The molecule has 1 amide bonds. The smallest absolute Gasteiger partial charge is 0.292 e. The van der Waals surface area contributed by atoms with Crippen molar-refractivity contribution in [2.45, 2.75) is 32.6 Å². The average molecular weight is 397 g/mol. The predicted molar refractivity (Wildman–Crippen MR) is 114 cm³/mol. The molecule has 2 aromatic carbocycles. The van der Waals surface area contributed by atoms with Crippen LogP contribution >= 0.6 is 0 Å². The lowest BCUT2D eigenvalue weighted by Crippen LogP contribution is -2.38. The van der Waals surface area contributed by atoms with Crippen LogP contribution < -0.4 is 15.0 Å². The zero-order chi connectivity index (χ0) is 20.6. The van der Waals surface area contributed by atoms with Crippen LogP contribution in [-0.2, 0) is 4.79 Å². The molecule has 0 saturated carbocycles. The van der Waals surface area contributed by atoms with Crippen molar-refractivity contribution in [1.82, 2.24) is 0 Å². The SMILES string of the molecule is CCCCOc1ccccc1NC(=O)C1CCN(c2ccccc2[N+](=O)[O-])CC1. The minimum absolute atomic E-state index is 0.0289. The monoisotopic (exact) mass is 397 g/mol. The van der Waals surface area contributed by atoms with Gasteiger partial charge in [0.2, 0.25) is 5.91 Å². The number of nitrogens with one attached hydrogen (secondary N) is 1. The van der Waals surface area contributed by atoms with Crippen molar-refractivity contribution in [1.29, 1.82) is 0 Å². The molecule has 154 valence electrons. The number of carbonyl (C=O) groups excluding carboxylic acids is 1. The van der Waals surface area contributed by atoms with Crippen LogP contribution in [0.2, 0.25) is 0 Å². The van der Waals surface area contributed by atoms with E-state index in [1.165, 1.54) is 6.07 Å². The van der Waals surface area contributed by atoms with E-state index in [4.69, 9.17) is 4.74 Å². The average Bonchev–Trinajstić information content (AvgIpc) is 2.75. The molecule has 2 aromatic rings. The van der Waals surface area contributed by atoms with Crippen molar-refractivity contribution in [2.24, 2.45) is 5.92 Å². The molecule has 1 saturated heterocycles. The van der Waals surface area contributed by atoms with Gasteiger partial charge < -0.3 is 15.0 Å². The summed E-state index contributed by atoms with van der Waals surface area (Å²) in [6.45, 7) is 3.94. The number of anilines is 2. The molecule has 0 unspecified atom stereocenters. The fourth-order valence-electron chi connectivity index (χ4n) is 3.53. The molecule has 1 N–H and O–H groups in total. The quantitative estimate of drug-likeness (QED) is 0.399. The second-order valence-corrected chi connectivity index (χ2v) is 7.19. The number of amides is 1. The van der Waals surface area contributed by atoms with Crippen LogP contribution in [0.25, 0.3) is 0 Å². The number of nitro groups is 1. The molecule has 7 heteroatoms. The van der Waals surface area contributed by atoms with E-state index in [9.17, 15) is 14.9 Å². The van der Waals surface area contributed by atoms with Crippen LogP contribution in [0.4, 0.5) is 17.1 Å². The van der Waals surface area contributed by atoms with Gasteiger partial charge in [-0.05, 0) is 37.5 Å². The van der Waals surface area contributed by atoms with Gasteiger partial charge in [0, 0.05) is 25.1 Å². The summed E-state index contributed by atoms with van der Waals surface area (Å²) >= 11 is 0. The Hall–Kier alpha value is -3.09. The largest absolute Gasteiger partial charge is 0.491 e. The van der Waals surface area contributed by atoms with Crippen LogP contribution in [-0.4, -0.2) is 30.5 Å². The standard InChI is InChI=1S/C22H27N3O4/c1-2-3-16-29-21-11-7-4-8-18(21)23-22(26)17-12-14-24(15-13-17)19-9-5-6-10-20(19)25(27)28/h4-11,17H,2-3,12-16H2,1H3,(H,23,26). The Bertz CT molecular complexity index is 847. The number of hydrogen-bond acceptors (Lipinski definition) is 5. The molecular formula is C22H27N3O4. The Morgan fingerprint density at radius 2 is 1.86 bits per heavy atom. The molecule has 0 aliphatic carbocycles. The van der Waals surface area contributed by atoms with E-state index in [1.54, 1.807) is 18.2 Å². The highest BCUT2D eigenvalue weighted by Crippen LogP contribution is 2.32. The van der Waals surface area contributed by atoms with Gasteiger partial charge in [-0.3, -0.25) is 14.9 Å². The summed E-state index contributed by atoms with van der Waals surface area (Å²) in [5, 5.41) is 14.3. The highest BCUT2D eigenvalue weighted by Gasteiger charge is 2.28. The molecule has 29 heavy (non-hydrogen) atoms. The summed E-state index contributed by atoms with van der Waals surface area (Å²) in [7, 11) is 0. The molecule has 0 spiro atoms. The lowest BCUT2D eigenvalue weighted by molar-refractivity contribution is -0.384. The van der Waals surface area contributed by atoms with Gasteiger partial charge in [0.05, 0.1) is 17.2 Å². The molecule has 0 radical (unpaired) electrons. The summed E-state index contributed by atoms with van der Waals surface area (Å²) in [4.78, 5) is 25.7. The number of hydrogen-bond donors (Lipinski definition) is 1. The first kappa shape index (κ1) is 20.6. The van der Waals surface area contributed by atoms with Crippen molar-refractivity contribution >= 4 is 23.0 Å². The van der Waals surface area contributed by atoms with Gasteiger partial charge in [-0.1, -0.05) is 37.6 Å². The Labute approximate surface area is 170 Å². The number of para-hydroxylation sites is 4. The van der Waals surface area contributed by atoms with Crippen molar-refractivity contribution in [3.63, 3.8) is 0 Å². The maximum atomic E-state index is 12.8. The van der Waals surface area contributed by atoms with Crippen molar-refractivity contribution < 1.29 is 14.5 Å². The first-order chi connectivity index (χ1) is 14.1. The van der Waals surface area contributed by atoms with E-state index in [2.05, 4.69) is 12.2 Å². The highest BCUT2D eigenvalue weighted by atomic mass is 16.6. The third-order valence-corrected chi connectivity index (χ3v) is 5.19. The van der Waals surface area contributed by atoms with Crippen LogP contribution in [0.15, 0.2) is 48.5 Å². The fourth-order valence-corrected chi connectivity index (χ4v) is 3.53. The van der Waals surface area contributed by atoms with E-state index >= 15 is 0 Å². The lowest BCUT2D eigenvalue weighted by Gasteiger charge is -2.32. The number of carbonyl (C=O) groups is 1. The van der Waals surface area contributed by atoms with Gasteiger partial charge in [-0.15, -0.1) is 0 Å². The minimum Gasteiger partial charge on any atom is -0.491 e. The zero-order valence-electron chi connectivity index (χ0n) is 16.7. The van der Waals surface area contributed by atoms with E-state index < -0.39 is 0 Å². The fraction of sp³-hybridized carbons (Fsp3) is 0.409. The van der Waals surface area contributed by atoms with E-state index in [0.29, 0.717) is 49.7 Å². The summed E-state index contributed by atoms with van der Waals surface area (Å²) in [6, 6.07) is 14.2. The van der Waals surface area contributed by atoms with Crippen LogP contribution in [0, 0.1) is 16.0 Å². The van der Waals surface area contributed by atoms with Crippen LogP contribution in [0.5, 0.6) is 5.75 Å². The summed E-state index contributed by atoms with van der Waals surface area (Å²) < 4.78 is 5.79. The van der Waals surface area contributed by atoms with Crippen molar-refractivity contribution in [2.75, 3.05) is 29.9 Å². The topological polar surface area (TPSA) is 84.7 Å². The number of piperidine rings is 1. The summed E-state index contributed by atoms with van der Waals surface area (Å²) in [5.41, 5.74) is 1.41. The van der Waals surface area contributed by atoms with Crippen molar-refractivity contribution in [3.8, 4) is 5.75 Å². The van der Waals surface area contributed by atoms with Gasteiger partial charge in [0.1, 0.15) is 11.4 Å². The van der Waals surface area contributed by atoms with E-state index in [1.807, 2.05) is 29.2 Å². The number of nitrogens with zero attached hydrogens (tertiary/aromatic N) is 2. The minimum atomic E-state index is -0.358. The van der Waals surface area contributed by atoms with E-state index in [0.717, 1.165) is 12.8 Å². The second-order valence-electron chi connectivity index (χ2n) is 7.19. The van der Waals surface area contributed by atoms with Gasteiger partial charge >= 0.3 is 0 Å². The molecule has 0 atom stereocenters. The van der Waals surface area contributed by atoms with Gasteiger partial charge in [0.15, 0.2) is 0 Å². The van der Waals surface area contributed by atoms with Crippen molar-refractivity contribution in [3.05, 3.63) is 58.6 Å². The normalized spacial score (nSPS) is 14.4. The molecule has 1 fully saturated rings. The Balaban J connectivity index is 1.59. The molecular weight excluding hydrogens is 370 g/mol. The summed E-state index contributed by atoms with van der Waals surface area (Å²) in [6.07, 6.45) is 3.31. The second kappa shape index (κ2) is 9.91. The molecule has 1 aliphatic rings. The Kier molecular flexibility index (Phi) is 7.05. The van der Waals surface area contributed by atoms with Crippen LogP contribution in [0.3, 0.4) is 0 Å². The molecule has 0 bridgehead atoms. The van der Waals surface area contributed by atoms with E-state index in [-0.39, 0.29) is 22.4 Å². The highest BCUT2D eigenvalue weighted by molar-refractivity contribution is 5.94. The summed E-state index contributed by atoms with van der Waals surface area (Å²) in [5.74, 6) is 0.531. The number of benzene rings is 2. The molecule has 7 nitrogen and oxygen atoms in total. The predicted octanol–water partition coefficient (Wildman–Crippen LogP) is 4.63. The number of ether oxygens (including phenoxy) is 1. The first-order valence-corrected chi connectivity index (χ1v) is 10.1. The third kappa shape index (κ3) is 5.25. The number of nitro benzene ring substituents is 1. The van der Waals surface area contributed by atoms with Crippen LogP contribution in [0.1, 0.15) is 32.6 Å². The van der Waals surface area contributed by atoms with Gasteiger partial charge in [-0.2, -0.15) is 0 Å². The molecule has 3 rings (SSSR count). The Morgan fingerprint density at radius 1 is 1.17 bits per heavy atom. The molecule has 0 aromatic heterocycles. The third-order valence-electron chi connectivity index (χ3n) is 5.19.